The normalized spacial score (nSPS) is 16.7. The summed E-state index contributed by atoms with van der Waals surface area (Å²) in [6.07, 6.45) is 6.54. The highest BCUT2D eigenvalue weighted by atomic mass is 35.5. The molecule has 3 aliphatic rings. The van der Waals surface area contributed by atoms with E-state index >= 15 is 0 Å². The van der Waals surface area contributed by atoms with Crippen molar-refractivity contribution < 1.29 is 42.7 Å². The average Bonchev–Trinajstić information content (AvgIpc) is 3.64. The van der Waals surface area contributed by atoms with E-state index in [1.54, 1.807) is 37.6 Å². The first-order valence-corrected chi connectivity index (χ1v) is 25.7. The van der Waals surface area contributed by atoms with Gasteiger partial charge in [-0.25, -0.2) is 9.97 Å². The standard InChI is InChI=1S/C49H60ClN6O9P/c1-62-43-30-37(14-13-34(43)29-45-51-31-40(50)41(53-45)28-35-8-4-5-12-44(35)66(2,3)61)55-20-17-36(18-21-55)52-47(58)19-23-64-25-27-65-26-24-63-22-7-10-33-9-6-11-38-39(33)32-56(49(38)60)42-15-16-46(57)54-48(42)59/h4-6,8-9,11-14,30-31,36,42H,7,10,15-29,32H2,1-3H3,(H,52,58)(H,54,57,59). The monoisotopic (exact) mass is 942 g/mol. The molecule has 352 valence electrons. The number of halogens is 1. The van der Waals surface area contributed by atoms with Gasteiger partial charge in [0.05, 0.1) is 50.9 Å². The maximum absolute atomic E-state index is 13.1. The Kier molecular flexibility index (Phi) is 17.0. The van der Waals surface area contributed by atoms with E-state index in [0.717, 1.165) is 77.8 Å². The molecule has 2 N–H and O–H groups in total. The van der Waals surface area contributed by atoms with Gasteiger partial charge in [0.25, 0.3) is 5.91 Å². The van der Waals surface area contributed by atoms with Crippen molar-refractivity contribution >= 4 is 53.4 Å². The molecule has 2 fully saturated rings. The summed E-state index contributed by atoms with van der Waals surface area (Å²) in [5.74, 6) is 0.457. The summed E-state index contributed by atoms with van der Waals surface area (Å²) < 4.78 is 35.8. The highest BCUT2D eigenvalue weighted by Gasteiger charge is 2.39. The lowest BCUT2D eigenvalue weighted by Crippen LogP contribution is -2.52. The molecule has 17 heteroatoms. The summed E-state index contributed by atoms with van der Waals surface area (Å²) in [5, 5.41) is 6.81. The van der Waals surface area contributed by atoms with Crippen molar-refractivity contribution in [2.75, 3.05) is 78.1 Å². The molecule has 0 spiro atoms. The fourth-order valence-electron chi connectivity index (χ4n) is 8.80. The number of hydrogen-bond donors (Lipinski definition) is 2. The number of amides is 4. The van der Waals surface area contributed by atoms with Gasteiger partial charge in [-0.05, 0) is 74.3 Å². The lowest BCUT2D eigenvalue weighted by molar-refractivity contribution is -0.137. The number of ether oxygens (including phenoxy) is 4. The average molecular weight is 943 g/mol. The molecular formula is C49H60ClN6O9P. The maximum Gasteiger partial charge on any atom is 0.255 e. The largest absolute Gasteiger partial charge is 0.496 e. The number of nitrogens with zero attached hydrogens (tertiary/aromatic N) is 4. The number of imide groups is 1. The van der Waals surface area contributed by atoms with E-state index in [1.807, 2.05) is 48.5 Å². The van der Waals surface area contributed by atoms with Crippen molar-refractivity contribution in [2.24, 2.45) is 0 Å². The Labute approximate surface area is 391 Å². The van der Waals surface area contributed by atoms with Gasteiger partial charge in [0.15, 0.2) is 0 Å². The summed E-state index contributed by atoms with van der Waals surface area (Å²) in [5.41, 5.74) is 6.25. The Morgan fingerprint density at radius 3 is 2.35 bits per heavy atom. The molecule has 3 aliphatic heterocycles. The Hall–Kier alpha value is -5.18. The Bertz CT molecular complexity index is 2420. The van der Waals surface area contributed by atoms with Crippen molar-refractivity contribution in [1.29, 1.82) is 0 Å². The van der Waals surface area contributed by atoms with Crippen molar-refractivity contribution in [3.05, 3.63) is 111 Å². The van der Waals surface area contributed by atoms with Crippen LogP contribution in [-0.2, 0) is 59.0 Å². The molecule has 66 heavy (non-hydrogen) atoms. The number of fused-ring (bicyclic) bond motifs is 1. The fourth-order valence-corrected chi connectivity index (χ4v) is 10.3. The minimum Gasteiger partial charge on any atom is -0.496 e. The molecule has 7 rings (SSSR count). The van der Waals surface area contributed by atoms with Gasteiger partial charge in [0, 0.05) is 92.3 Å². The molecule has 1 atom stereocenters. The third-order valence-electron chi connectivity index (χ3n) is 12.3. The molecule has 0 bridgehead atoms. The number of anilines is 1. The minimum atomic E-state index is -2.49. The first-order chi connectivity index (χ1) is 31.9. The zero-order valence-corrected chi connectivity index (χ0v) is 39.7. The summed E-state index contributed by atoms with van der Waals surface area (Å²) in [6.45, 7) is 8.00. The molecule has 1 unspecified atom stereocenters. The first kappa shape index (κ1) is 48.7. The summed E-state index contributed by atoms with van der Waals surface area (Å²) in [4.78, 5) is 63.0. The van der Waals surface area contributed by atoms with Gasteiger partial charge < -0.3 is 38.6 Å². The van der Waals surface area contributed by atoms with Gasteiger partial charge in [-0.2, -0.15) is 0 Å². The van der Waals surface area contributed by atoms with E-state index < -0.39 is 19.1 Å². The van der Waals surface area contributed by atoms with Crippen LogP contribution in [0.4, 0.5) is 5.69 Å². The third kappa shape index (κ3) is 12.8. The Balaban J connectivity index is 0.738. The van der Waals surface area contributed by atoms with Crippen LogP contribution in [0.25, 0.3) is 0 Å². The van der Waals surface area contributed by atoms with Crippen molar-refractivity contribution in [3.63, 3.8) is 0 Å². The number of hydrogen-bond acceptors (Lipinski definition) is 12. The molecule has 1 aromatic heterocycles. The summed E-state index contributed by atoms with van der Waals surface area (Å²) in [7, 11) is -0.826. The number of carbonyl (C=O) groups is 4. The summed E-state index contributed by atoms with van der Waals surface area (Å²) in [6, 6.07) is 19.0. The number of methoxy groups -OCH3 is 1. The molecule has 4 amide bonds. The first-order valence-electron chi connectivity index (χ1n) is 22.7. The van der Waals surface area contributed by atoms with Crippen LogP contribution in [0.3, 0.4) is 0 Å². The molecule has 0 radical (unpaired) electrons. The number of nitrogens with one attached hydrogen (secondary N) is 2. The van der Waals surface area contributed by atoms with Gasteiger partial charge in [-0.3, -0.25) is 24.5 Å². The predicted octanol–water partition coefficient (Wildman–Crippen LogP) is 5.49. The fraction of sp³-hybridized carbons (Fsp3) is 0.469. The van der Waals surface area contributed by atoms with E-state index in [0.29, 0.717) is 87.6 Å². The van der Waals surface area contributed by atoms with Gasteiger partial charge in [-0.15, -0.1) is 0 Å². The zero-order valence-electron chi connectivity index (χ0n) is 38.0. The third-order valence-corrected chi connectivity index (χ3v) is 14.2. The lowest BCUT2D eigenvalue weighted by atomic mass is 10.00. The maximum atomic E-state index is 13.1. The van der Waals surface area contributed by atoms with Gasteiger partial charge in [0.2, 0.25) is 17.7 Å². The molecule has 4 aromatic rings. The van der Waals surface area contributed by atoms with Crippen LogP contribution < -0.4 is 25.6 Å². The van der Waals surface area contributed by atoms with Crippen LogP contribution >= 0.6 is 18.7 Å². The van der Waals surface area contributed by atoms with Crippen LogP contribution in [-0.4, -0.2) is 124 Å². The second-order valence-electron chi connectivity index (χ2n) is 17.3. The second-order valence-corrected chi connectivity index (χ2v) is 20.9. The van der Waals surface area contributed by atoms with E-state index in [1.165, 1.54) is 0 Å². The molecule has 2 saturated heterocycles. The second kappa shape index (κ2) is 23.0. The van der Waals surface area contributed by atoms with Crippen LogP contribution in [0.15, 0.2) is 66.9 Å². The van der Waals surface area contributed by atoms with Crippen molar-refractivity contribution in [3.8, 4) is 5.75 Å². The van der Waals surface area contributed by atoms with Gasteiger partial charge in [-0.1, -0.05) is 54.1 Å². The zero-order chi connectivity index (χ0) is 46.6. The van der Waals surface area contributed by atoms with E-state index in [9.17, 15) is 23.7 Å². The minimum absolute atomic E-state index is 0.0278. The smallest absolute Gasteiger partial charge is 0.255 e. The highest BCUT2D eigenvalue weighted by Crippen LogP contribution is 2.37. The number of rotatable bonds is 22. The topological polar surface area (TPSA) is 179 Å². The number of benzene rings is 3. The van der Waals surface area contributed by atoms with E-state index in [4.69, 9.17) is 35.5 Å². The SMILES string of the molecule is COc1cc(N2CCC(NC(=O)CCOCCOCCOCCCc3cccc4c3CN(C3CCC(=O)NC3=O)C4=O)CC2)ccc1Cc1ncc(Cl)c(Cc2ccccc2P(C)(C)=O)n1. The molecular weight excluding hydrogens is 883 g/mol. The van der Waals surface area contributed by atoms with Crippen molar-refractivity contribution in [2.45, 2.75) is 76.4 Å². The predicted molar refractivity (Wildman–Crippen MR) is 252 cm³/mol. The number of aromatic nitrogens is 2. The molecule has 4 heterocycles. The van der Waals surface area contributed by atoms with Crippen molar-refractivity contribution in [1.82, 2.24) is 25.5 Å². The molecule has 0 saturated carbocycles. The number of carbonyl (C=O) groups excluding carboxylic acids is 4. The number of aryl methyl sites for hydroxylation is 1. The van der Waals surface area contributed by atoms with Crippen LogP contribution in [0.5, 0.6) is 5.75 Å². The van der Waals surface area contributed by atoms with Crippen LogP contribution in [0, 0.1) is 0 Å². The molecule has 3 aromatic carbocycles. The van der Waals surface area contributed by atoms with Crippen LogP contribution in [0.2, 0.25) is 5.02 Å². The van der Waals surface area contributed by atoms with Gasteiger partial charge >= 0.3 is 0 Å². The Morgan fingerprint density at radius 1 is 0.879 bits per heavy atom. The molecule has 15 nitrogen and oxygen atoms in total. The highest BCUT2D eigenvalue weighted by molar-refractivity contribution is 7.70. The van der Waals surface area contributed by atoms with E-state index in [2.05, 4.69) is 26.6 Å². The van der Waals surface area contributed by atoms with E-state index in [-0.39, 0.29) is 36.6 Å². The lowest BCUT2D eigenvalue weighted by Gasteiger charge is -2.34. The Morgan fingerprint density at radius 2 is 1.61 bits per heavy atom. The molecule has 0 aliphatic carbocycles. The van der Waals surface area contributed by atoms with Gasteiger partial charge in [0.1, 0.15) is 24.8 Å². The summed E-state index contributed by atoms with van der Waals surface area (Å²) >= 11 is 6.55. The number of piperidine rings is 2. The van der Waals surface area contributed by atoms with Crippen LogP contribution in [0.1, 0.15) is 82.7 Å². The quantitative estimate of drug-likeness (QED) is 0.0577.